The minimum atomic E-state index is -5.24. The van der Waals surface area contributed by atoms with Gasteiger partial charge in [0.05, 0.1) is 0 Å². The predicted molar refractivity (Wildman–Crippen MR) is 57.5 cm³/mol. The van der Waals surface area contributed by atoms with Crippen molar-refractivity contribution in [2.75, 3.05) is 0 Å². The van der Waals surface area contributed by atoms with E-state index in [-0.39, 0.29) is 16.7 Å². The number of halogens is 2. The Morgan fingerprint density at radius 1 is 0.947 bits per heavy atom. The molecule has 0 aliphatic rings. The van der Waals surface area contributed by atoms with Gasteiger partial charge in [-0.1, -0.05) is 7.77 Å². The van der Waals surface area contributed by atoms with Crippen LogP contribution in [0.3, 0.4) is 0 Å². The summed E-state index contributed by atoms with van der Waals surface area (Å²) in [4.78, 5) is 0. The zero-order valence-corrected chi connectivity index (χ0v) is 10.4. The van der Waals surface area contributed by atoms with E-state index in [4.69, 9.17) is 4.42 Å². The lowest BCUT2D eigenvalue weighted by molar-refractivity contribution is 0.372. The highest BCUT2D eigenvalue weighted by Crippen LogP contribution is 2.29. The maximum atomic E-state index is 12.3. The van der Waals surface area contributed by atoms with Crippen molar-refractivity contribution in [2.45, 2.75) is 0 Å². The molecule has 0 saturated carbocycles. The minimum Gasteiger partial charge on any atom is -0.425 e. The second kappa shape index (κ2) is 4.35. The summed E-state index contributed by atoms with van der Waals surface area (Å²) in [7, 11) is -10.4. The van der Waals surface area contributed by atoms with Crippen molar-refractivity contribution in [3.63, 3.8) is 0 Å². The number of benzene rings is 1. The van der Waals surface area contributed by atoms with Gasteiger partial charge < -0.3 is 12.8 Å². The van der Waals surface area contributed by atoms with Crippen molar-refractivity contribution >= 4 is 32.0 Å². The lowest BCUT2D eigenvalue weighted by Crippen LogP contribution is -2.00. The molecule has 1 heterocycles. The molecule has 104 valence electrons. The molecule has 0 atom stereocenters. The summed E-state index contributed by atoms with van der Waals surface area (Å²) >= 11 is 0. The number of fused-ring (bicyclic) bond motifs is 1. The van der Waals surface area contributed by atoms with Crippen molar-refractivity contribution in [3.05, 3.63) is 24.3 Å². The molecular formula is C8H4F2O7S2. The summed E-state index contributed by atoms with van der Waals surface area (Å²) in [5.41, 5.74) is 0.0576. The fourth-order valence-corrected chi connectivity index (χ4v) is 1.91. The molecule has 0 radical (unpaired) electrons. The second-order valence-electron chi connectivity index (χ2n) is 3.22. The lowest BCUT2D eigenvalue weighted by Gasteiger charge is -1.98. The van der Waals surface area contributed by atoms with Gasteiger partial charge in [0.15, 0.2) is 0 Å². The molecule has 11 heteroatoms. The van der Waals surface area contributed by atoms with Crippen molar-refractivity contribution in [3.8, 4) is 11.7 Å². The summed E-state index contributed by atoms with van der Waals surface area (Å²) < 4.78 is 78.1. The third-order valence-corrected chi connectivity index (χ3v) is 2.60. The van der Waals surface area contributed by atoms with Crippen LogP contribution in [0.1, 0.15) is 0 Å². The van der Waals surface area contributed by atoms with Crippen LogP contribution in [0.5, 0.6) is 11.7 Å². The fourth-order valence-electron chi connectivity index (χ4n) is 1.30. The quantitative estimate of drug-likeness (QED) is 0.790. The van der Waals surface area contributed by atoms with Crippen LogP contribution in [0, 0.1) is 0 Å². The van der Waals surface area contributed by atoms with Gasteiger partial charge >= 0.3 is 27.0 Å². The monoisotopic (exact) mass is 314 g/mol. The van der Waals surface area contributed by atoms with Gasteiger partial charge in [-0.3, -0.25) is 0 Å². The fraction of sp³-hybridized carbons (Fsp3) is 0. The van der Waals surface area contributed by atoms with Crippen molar-refractivity contribution in [1.29, 1.82) is 0 Å². The molecule has 1 aromatic carbocycles. The summed E-state index contributed by atoms with van der Waals surface area (Å²) in [5, 5.41) is 0.125. The minimum absolute atomic E-state index is 0.0576. The third-order valence-electron chi connectivity index (χ3n) is 1.84. The number of hydrogen-bond acceptors (Lipinski definition) is 7. The van der Waals surface area contributed by atoms with Gasteiger partial charge in [0, 0.05) is 11.5 Å². The zero-order valence-electron chi connectivity index (χ0n) is 8.74. The molecule has 0 N–H and O–H groups in total. The highest BCUT2D eigenvalue weighted by atomic mass is 32.3. The van der Waals surface area contributed by atoms with Crippen molar-refractivity contribution < 1.29 is 37.4 Å². The van der Waals surface area contributed by atoms with Crippen molar-refractivity contribution in [2.24, 2.45) is 0 Å². The Balaban J connectivity index is 2.39. The second-order valence-corrected chi connectivity index (χ2v) is 5.12. The molecule has 0 spiro atoms. The summed E-state index contributed by atoms with van der Waals surface area (Å²) in [6.45, 7) is 0. The molecule has 1 aromatic heterocycles. The van der Waals surface area contributed by atoms with E-state index in [9.17, 15) is 24.6 Å². The first-order chi connectivity index (χ1) is 8.62. The first kappa shape index (κ1) is 13.5. The molecule has 0 amide bonds. The standard InChI is InChI=1S/C8H4F2O7S2/c9-18(11,12)16-6-1-2-7-5(3-6)4-8(15-7)17-19(10,13)14/h1-4H. The Labute approximate surface area is 106 Å². The Bertz CT molecular complexity index is 790. The summed E-state index contributed by atoms with van der Waals surface area (Å²) in [6.07, 6.45) is 0. The van der Waals surface area contributed by atoms with Crippen molar-refractivity contribution in [1.82, 2.24) is 0 Å². The van der Waals surface area contributed by atoms with Gasteiger partial charge in [0.25, 0.3) is 0 Å². The maximum Gasteiger partial charge on any atom is 0.491 e. The molecular weight excluding hydrogens is 310 g/mol. The van der Waals surface area contributed by atoms with Gasteiger partial charge in [0.2, 0.25) is 0 Å². The first-order valence-corrected chi connectivity index (χ1v) is 7.06. The smallest absolute Gasteiger partial charge is 0.425 e. The Morgan fingerprint density at radius 3 is 2.16 bits per heavy atom. The third kappa shape index (κ3) is 3.79. The molecule has 0 saturated heterocycles. The van der Waals surface area contributed by atoms with Crippen LogP contribution >= 0.6 is 0 Å². The van der Waals surface area contributed by atoms with Crippen LogP contribution in [0.4, 0.5) is 7.77 Å². The Morgan fingerprint density at radius 2 is 1.58 bits per heavy atom. The molecule has 0 aliphatic heterocycles. The average Bonchev–Trinajstić information content (AvgIpc) is 2.53. The number of rotatable bonds is 4. The van der Waals surface area contributed by atoms with E-state index in [2.05, 4.69) is 8.37 Å². The number of hydrogen-bond donors (Lipinski definition) is 0. The van der Waals surface area contributed by atoms with Gasteiger partial charge in [-0.25, -0.2) is 0 Å². The lowest BCUT2D eigenvalue weighted by atomic mass is 10.2. The van der Waals surface area contributed by atoms with Crippen LogP contribution in [0.25, 0.3) is 11.0 Å². The van der Waals surface area contributed by atoms with E-state index in [0.717, 1.165) is 24.3 Å². The molecule has 19 heavy (non-hydrogen) atoms. The van der Waals surface area contributed by atoms with Crippen LogP contribution < -0.4 is 8.37 Å². The van der Waals surface area contributed by atoms with Crippen LogP contribution in [0.15, 0.2) is 28.7 Å². The Hall–Kier alpha value is -1.88. The van der Waals surface area contributed by atoms with E-state index in [1.54, 1.807) is 0 Å². The summed E-state index contributed by atoms with van der Waals surface area (Å²) in [6, 6.07) is 4.21. The average molecular weight is 314 g/mol. The largest absolute Gasteiger partial charge is 0.491 e. The molecule has 0 unspecified atom stereocenters. The topological polar surface area (TPSA) is 99.9 Å². The van der Waals surface area contributed by atoms with Gasteiger partial charge in [-0.2, -0.15) is 16.8 Å². The highest BCUT2D eigenvalue weighted by Gasteiger charge is 2.16. The first-order valence-electron chi connectivity index (χ1n) is 4.44. The molecule has 7 nitrogen and oxygen atoms in total. The molecule has 2 rings (SSSR count). The molecule has 0 bridgehead atoms. The number of furan rings is 1. The highest BCUT2D eigenvalue weighted by molar-refractivity contribution is 7.82. The van der Waals surface area contributed by atoms with Crippen LogP contribution in [-0.4, -0.2) is 16.8 Å². The Kier molecular flexibility index (Phi) is 3.10. The van der Waals surface area contributed by atoms with E-state index in [1.807, 2.05) is 0 Å². The predicted octanol–water partition coefficient (Wildman–Crippen LogP) is 1.62. The van der Waals surface area contributed by atoms with E-state index < -0.39 is 27.0 Å². The van der Waals surface area contributed by atoms with Crippen LogP contribution in [0.2, 0.25) is 0 Å². The maximum absolute atomic E-state index is 12.3. The zero-order chi connectivity index (χ0) is 14.3. The SMILES string of the molecule is O=S(=O)(F)Oc1ccc2oc(OS(=O)(=O)F)cc2c1. The van der Waals surface area contributed by atoms with Crippen LogP contribution in [-0.2, 0) is 21.0 Å². The van der Waals surface area contributed by atoms with Gasteiger partial charge in [-0.15, -0.1) is 0 Å². The van der Waals surface area contributed by atoms with E-state index in [1.165, 1.54) is 0 Å². The normalized spacial score (nSPS) is 12.5. The molecule has 0 aliphatic carbocycles. The molecule has 2 aromatic rings. The molecule has 0 fully saturated rings. The van der Waals surface area contributed by atoms with E-state index >= 15 is 0 Å². The van der Waals surface area contributed by atoms with Gasteiger partial charge in [0.1, 0.15) is 11.3 Å². The summed E-state index contributed by atoms with van der Waals surface area (Å²) in [5.74, 6) is -1.04. The van der Waals surface area contributed by atoms with E-state index in [0.29, 0.717) is 0 Å². The van der Waals surface area contributed by atoms with Gasteiger partial charge in [-0.05, 0) is 18.2 Å².